The number of aryl methyl sites for hydroxylation is 2. The van der Waals surface area contributed by atoms with Gasteiger partial charge in [0.1, 0.15) is 5.75 Å². The molecule has 122 valence electrons. The Morgan fingerprint density at radius 1 is 1.17 bits per heavy atom. The van der Waals surface area contributed by atoms with E-state index in [4.69, 9.17) is 4.74 Å². The van der Waals surface area contributed by atoms with E-state index in [0.717, 1.165) is 27.7 Å². The molecule has 2 aromatic carbocycles. The van der Waals surface area contributed by atoms with Crippen molar-refractivity contribution in [3.05, 3.63) is 65.4 Å². The standard InChI is InChI=1S/C19H19N3O2/c1-13-7-9-15(10-8-13)24-12-19(23)22-20-11-17-14(2)21-18-6-4-3-5-16(17)18/h3-11,21H,12H2,1-2H3,(H,22,23)/b20-11-. The van der Waals surface area contributed by atoms with Gasteiger partial charge in [0.2, 0.25) is 0 Å². The first-order valence-corrected chi connectivity index (χ1v) is 7.72. The number of amides is 1. The lowest BCUT2D eigenvalue weighted by molar-refractivity contribution is -0.123. The molecule has 0 aliphatic carbocycles. The summed E-state index contributed by atoms with van der Waals surface area (Å²) in [5.41, 5.74) is 6.64. The molecule has 0 fully saturated rings. The van der Waals surface area contributed by atoms with Crippen LogP contribution in [0.2, 0.25) is 0 Å². The van der Waals surface area contributed by atoms with Gasteiger partial charge in [-0.1, -0.05) is 35.9 Å². The molecule has 0 radical (unpaired) electrons. The molecule has 1 aromatic heterocycles. The van der Waals surface area contributed by atoms with Gasteiger partial charge >= 0.3 is 0 Å². The Bertz CT molecular complexity index is 879. The van der Waals surface area contributed by atoms with Crippen LogP contribution in [0.1, 0.15) is 16.8 Å². The lowest BCUT2D eigenvalue weighted by atomic mass is 10.1. The third-order valence-corrected chi connectivity index (χ3v) is 3.72. The molecule has 0 aliphatic rings. The number of ether oxygens (including phenoxy) is 1. The molecule has 5 heteroatoms. The second-order valence-electron chi connectivity index (χ2n) is 5.60. The molecule has 0 spiro atoms. The molecule has 5 nitrogen and oxygen atoms in total. The molecule has 3 aromatic rings. The summed E-state index contributed by atoms with van der Waals surface area (Å²) < 4.78 is 5.41. The molecule has 2 N–H and O–H groups in total. The Morgan fingerprint density at radius 2 is 1.92 bits per heavy atom. The maximum absolute atomic E-state index is 11.8. The van der Waals surface area contributed by atoms with Gasteiger partial charge < -0.3 is 9.72 Å². The molecular weight excluding hydrogens is 302 g/mol. The predicted molar refractivity (Wildman–Crippen MR) is 95.4 cm³/mol. The highest BCUT2D eigenvalue weighted by Gasteiger charge is 2.06. The smallest absolute Gasteiger partial charge is 0.277 e. The van der Waals surface area contributed by atoms with Crippen molar-refractivity contribution in [3.8, 4) is 5.75 Å². The highest BCUT2D eigenvalue weighted by Crippen LogP contribution is 2.19. The summed E-state index contributed by atoms with van der Waals surface area (Å²) in [4.78, 5) is 15.1. The van der Waals surface area contributed by atoms with Crippen LogP contribution in [0.3, 0.4) is 0 Å². The van der Waals surface area contributed by atoms with Gasteiger partial charge in [0.05, 0.1) is 6.21 Å². The topological polar surface area (TPSA) is 66.5 Å². The number of aromatic amines is 1. The summed E-state index contributed by atoms with van der Waals surface area (Å²) in [5.74, 6) is 0.358. The molecule has 0 unspecified atom stereocenters. The zero-order chi connectivity index (χ0) is 16.9. The normalized spacial score (nSPS) is 11.1. The van der Waals surface area contributed by atoms with Gasteiger partial charge in [-0.2, -0.15) is 5.10 Å². The third-order valence-electron chi connectivity index (χ3n) is 3.72. The molecule has 1 heterocycles. The van der Waals surface area contributed by atoms with E-state index in [1.807, 2.05) is 62.4 Å². The minimum absolute atomic E-state index is 0.0761. The van der Waals surface area contributed by atoms with Gasteiger partial charge in [-0.25, -0.2) is 5.43 Å². The van der Waals surface area contributed by atoms with Crippen LogP contribution in [0, 0.1) is 13.8 Å². The third kappa shape index (κ3) is 3.63. The Kier molecular flexibility index (Phi) is 4.61. The van der Waals surface area contributed by atoms with Gasteiger partial charge in [0, 0.05) is 22.2 Å². The molecule has 0 aliphatic heterocycles. The number of hydrogen-bond donors (Lipinski definition) is 2. The summed E-state index contributed by atoms with van der Waals surface area (Å²) in [5, 5.41) is 5.10. The monoisotopic (exact) mass is 321 g/mol. The minimum Gasteiger partial charge on any atom is -0.484 e. The molecule has 0 saturated carbocycles. The summed E-state index contributed by atoms with van der Waals surface area (Å²) in [7, 11) is 0. The van der Waals surface area contributed by atoms with Gasteiger partial charge in [-0.15, -0.1) is 0 Å². The van der Waals surface area contributed by atoms with E-state index in [1.54, 1.807) is 6.21 Å². The summed E-state index contributed by atoms with van der Waals surface area (Å²) in [6.07, 6.45) is 1.65. The van der Waals surface area contributed by atoms with E-state index in [1.165, 1.54) is 0 Å². The second-order valence-corrected chi connectivity index (χ2v) is 5.60. The Hall–Kier alpha value is -3.08. The SMILES string of the molecule is Cc1ccc(OCC(=O)N/N=C\c2c(C)[nH]c3ccccc23)cc1. The first kappa shape index (κ1) is 15.8. The van der Waals surface area contributed by atoms with E-state index >= 15 is 0 Å². The van der Waals surface area contributed by atoms with Crippen LogP contribution >= 0.6 is 0 Å². The maximum Gasteiger partial charge on any atom is 0.277 e. The van der Waals surface area contributed by atoms with Gasteiger partial charge in [0.15, 0.2) is 6.61 Å². The number of carbonyl (C=O) groups excluding carboxylic acids is 1. The second kappa shape index (κ2) is 7.00. The van der Waals surface area contributed by atoms with Crippen LogP contribution in [0.25, 0.3) is 10.9 Å². The number of fused-ring (bicyclic) bond motifs is 1. The Labute approximate surface area is 140 Å². The summed E-state index contributed by atoms with van der Waals surface area (Å²) in [6.45, 7) is 3.90. The van der Waals surface area contributed by atoms with Crippen molar-refractivity contribution in [1.82, 2.24) is 10.4 Å². The molecule has 24 heavy (non-hydrogen) atoms. The van der Waals surface area contributed by atoms with E-state index in [2.05, 4.69) is 15.5 Å². The van der Waals surface area contributed by atoms with E-state index in [-0.39, 0.29) is 12.5 Å². The van der Waals surface area contributed by atoms with Crippen molar-refractivity contribution >= 4 is 23.0 Å². The van der Waals surface area contributed by atoms with Crippen molar-refractivity contribution < 1.29 is 9.53 Å². The minimum atomic E-state index is -0.302. The Morgan fingerprint density at radius 3 is 2.71 bits per heavy atom. The van der Waals surface area contributed by atoms with Crippen molar-refractivity contribution in [3.63, 3.8) is 0 Å². The zero-order valence-electron chi connectivity index (χ0n) is 13.7. The summed E-state index contributed by atoms with van der Waals surface area (Å²) >= 11 is 0. The zero-order valence-corrected chi connectivity index (χ0v) is 13.7. The number of benzene rings is 2. The van der Waals surface area contributed by atoms with Gasteiger partial charge in [0.25, 0.3) is 5.91 Å². The summed E-state index contributed by atoms with van der Waals surface area (Å²) in [6, 6.07) is 15.5. The van der Waals surface area contributed by atoms with E-state index in [9.17, 15) is 4.79 Å². The number of hydrazone groups is 1. The quantitative estimate of drug-likeness (QED) is 0.559. The van der Waals surface area contributed by atoms with Gasteiger partial charge in [-0.3, -0.25) is 4.79 Å². The number of nitrogens with zero attached hydrogens (tertiary/aromatic N) is 1. The van der Waals surface area contributed by atoms with Crippen molar-refractivity contribution in [2.75, 3.05) is 6.61 Å². The van der Waals surface area contributed by atoms with Crippen LogP contribution in [0.5, 0.6) is 5.75 Å². The number of carbonyl (C=O) groups is 1. The van der Waals surface area contributed by atoms with Crippen molar-refractivity contribution in [2.24, 2.45) is 5.10 Å². The fourth-order valence-corrected chi connectivity index (χ4v) is 2.45. The number of rotatable bonds is 5. The molecule has 1 amide bonds. The first-order chi connectivity index (χ1) is 11.6. The van der Waals surface area contributed by atoms with Crippen LogP contribution in [-0.4, -0.2) is 23.7 Å². The number of para-hydroxylation sites is 1. The van der Waals surface area contributed by atoms with E-state index in [0.29, 0.717) is 5.75 Å². The van der Waals surface area contributed by atoms with E-state index < -0.39 is 0 Å². The van der Waals surface area contributed by atoms with Crippen LogP contribution < -0.4 is 10.2 Å². The molecule has 0 bridgehead atoms. The number of hydrogen-bond acceptors (Lipinski definition) is 3. The fraction of sp³-hybridized carbons (Fsp3) is 0.158. The molecule has 0 atom stereocenters. The lowest BCUT2D eigenvalue weighted by Gasteiger charge is -2.05. The number of aromatic nitrogens is 1. The highest BCUT2D eigenvalue weighted by molar-refractivity contribution is 6.00. The van der Waals surface area contributed by atoms with Crippen LogP contribution in [0.15, 0.2) is 53.6 Å². The molecule has 0 saturated heterocycles. The Balaban J connectivity index is 1.58. The number of nitrogens with one attached hydrogen (secondary N) is 2. The average Bonchev–Trinajstić information content (AvgIpc) is 2.90. The predicted octanol–water partition coefficient (Wildman–Crippen LogP) is 3.31. The van der Waals surface area contributed by atoms with Crippen LogP contribution in [0.4, 0.5) is 0 Å². The van der Waals surface area contributed by atoms with Crippen LogP contribution in [-0.2, 0) is 4.79 Å². The number of H-pyrrole nitrogens is 1. The van der Waals surface area contributed by atoms with Crippen molar-refractivity contribution in [2.45, 2.75) is 13.8 Å². The average molecular weight is 321 g/mol. The highest BCUT2D eigenvalue weighted by atomic mass is 16.5. The first-order valence-electron chi connectivity index (χ1n) is 7.72. The maximum atomic E-state index is 11.8. The van der Waals surface area contributed by atoms with Crippen molar-refractivity contribution in [1.29, 1.82) is 0 Å². The lowest BCUT2D eigenvalue weighted by Crippen LogP contribution is -2.24. The largest absolute Gasteiger partial charge is 0.484 e. The molecule has 3 rings (SSSR count). The van der Waals surface area contributed by atoms with Gasteiger partial charge in [-0.05, 0) is 32.0 Å². The molecular formula is C19H19N3O2. The fourth-order valence-electron chi connectivity index (χ4n) is 2.45.